The number of aryl methyl sites for hydroxylation is 1. The van der Waals surface area contributed by atoms with Crippen LogP contribution in [-0.4, -0.2) is 20.8 Å². The lowest BCUT2D eigenvalue weighted by Crippen LogP contribution is -2.22. The van der Waals surface area contributed by atoms with Gasteiger partial charge >= 0.3 is 0 Å². The van der Waals surface area contributed by atoms with Crippen molar-refractivity contribution < 1.29 is 0 Å². The van der Waals surface area contributed by atoms with Gasteiger partial charge in [-0.15, -0.1) is 10.2 Å². The van der Waals surface area contributed by atoms with Gasteiger partial charge in [-0.3, -0.25) is 0 Å². The van der Waals surface area contributed by atoms with E-state index in [9.17, 15) is 0 Å². The molecule has 2 rings (SSSR count). The topological polar surface area (TPSA) is 56.7 Å². The summed E-state index contributed by atoms with van der Waals surface area (Å²) in [7, 11) is 1.98. The number of aromatic nitrogens is 3. The number of hydrogen-bond acceptors (Lipinski definition) is 5. The summed E-state index contributed by atoms with van der Waals surface area (Å²) in [6.07, 6.45) is 0. The average molecular weight is 268 g/mol. The molecule has 0 amide bonds. The highest BCUT2D eigenvalue weighted by Gasteiger charge is 2.21. The highest BCUT2D eigenvalue weighted by Crippen LogP contribution is 2.36. The van der Waals surface area contributed by atoms with Crippen LogP contribution in [0.2, 0.25) is 0 Å². The Balaban J connectivity index is 2.22. The van der Waals surface area contributed by atoms with Crippen LogP contribution in [0.4, 0.5) is 0 Å². The van der Waals surface area contributed by atoms with Gasteiger partial charge in [-0.25, -0.2) is 0 Å². The van der Waals surface area contributed by atoms with Crippen LogP contribution in [0.5, 0.6) is 0 Å². The zero-order chi connectivity index (χ0) is 12.4. The summed E-state index contributed by atoms with van der Waals surface area (Å²) in [4.78, 5) is 0. The van der Waals surface area contributed by atoms with Gasteiger partial charge in [-0.2, -0.15) is 11.3 Å². The van der Waals surface area contributed by atoms with Crippen molar-refractivity contribution >= 4 is 23.1 Å². The van der Waals surface area contributed by atoms with E-state index in [1.54, 1.807) is 23.1 Å². The van der Waals surface area contributed by atoms with Crippen molar-refractivity contribution in [1.82, 2.24) is 14.8 Å². The standard InChI is InChI=1S/C11H16N4S2/c1-7(12)10(9-4-5-16-6-9)17-11-14-13-8(2)15(11)3/h4-7,10H,12H2,1-3H3. The third-order valence-corrected chi connectivity index (χ3v) is 4.86. The third kappa shape index (κ3) is 2.70. The molecule has 0 aliphatic carbocycles. The summed E-state index contributed by atoms with van der Waals surface area (Å²) < 4.78 is 1.99. The molecule has 6 heteroatoms. The van der Waals surface area contributed by atoms with Crippen LogP contribution in [-0.2, 0) is 7.05 Å². The van der Waals surface area contributed by atoms with Crippen molar-refractivity contribution in [2.24, 2.45) is 12.8 Å². The summed E-state index contributed by atoms with van der Waals surface area (Å²) in [5, 5.41) is 13.6. The minimum atomic E-state index is 0.0756. The highest BCUT2D eigenvalue weighted by atomic mass is 32.2. The first-order valence-electron chi connectivity index (χ1n) is 5.40. The molecular weight excluding hydrogens is 252 g/mol. The molecule has 0 bridgehead atoms. The number of nitrogens with zero attached hydrogens (tertiary/aromatic N) is 3. The van der Waals surface area contributed by atoms with Crippen LogP contribution in [0, 0.1) is 6.92 Å². The molecule has 2 aromatic rings. The van der Waals surface area contributed by atoms with E-state index >= 15 is 0 Å². The molecule has 2 atom stereocenters. The molecule has 0 spiro atoms. The van der Waals surface area contributed by atoms with Crippen LogP contribution in [0.25, 0.3) is 0 Å². The number of rotatable bonds is 4. The second-order valence-corrected chi connectivity index (χ2v) is 5.93. The fourth-order valence-corrected chi connectivity index (χ4v) is 3.41. The normalized spacial score (nSPS) is 14.8. The Hall–Kier alpha value is -0.850. The van der Waals surface area contributed by atoms with Gasteiger partial charge in [0.05, 0.1) is 5.25 Å². The van der Waals surface area contributed by atoms with Crippen molar-refractivity contribution in [2.75, 3.05) is 0 Å². The Kier molecular flexibility index (Phi) is 3.86. The third-order valence-electron chi connectivity index (χ3n) is 2.63. The fraction of sp³-hybridized carbons (Fsp3) is 0.455. The van der Waals surface area contributed by atoms with Crippen molar-refractivity contribution in [1.29, 1.82) is 0 Å². The Bertz CT molecular complexity index is 476. The van der Waals surface area contributed by atoms with E-state index in [0.717, 1.165) is 11.0 Å². The van der Waals surface area contributed by atoms with Gasteiger partial charge in [0.25, 0.3) is 0 Å². The summed E-state index contributed by atoms with van der Waals surface area (Å²) >= 11 is 3.37. The monoisotopic (exact) mass is 268 g/mol. The van der Waals surface area contributed by atoms with E-state index in [1.165, 1.54) is 5.56 Å². The Morgan fingerprint density at radius 3 is 2.71 bits per heavy atom. The predicted molar refractivity (Wildman–Crippen MR) is 72.3 cm³/mol. The van der Waals surface area contributed by atoms with Gasteiger partial charge in [0.1, 0.15) is 5.82 Å². The first-order chi connectivity index (χ1) is 8.09. The Morgan fingerprint density at radius 2 is 2.24 bits per heavy atom. The zero-order valence-corrected chi connectivity index (χ0v) is 11.8. The van der Waals surface area contributed by atoms with E-state index in [1.807, 2.05) is 25.5 Å². The summed E-state index contributed by atoms with van der Waals surface area (Å²) in [5.74, 6) is 0.918. The lowest BCUT2D eigenvalue weighted by atomic mass is 10.1. The van der Waals surface area contributed by atoms with Gasteiger partial charge in [0, 0.05) is 13.1 Å². The number of hydrogen-bond donors (Lipinski definition) is 1. The molecule has 2 aromatic heterocycles. The molecule has 0 aliphatic heterocycles. The van der Waals surface area contributed by atoms with Crippen LogP contribution in [0.3, 0.4) is 0 Å². The largest absolute Gasteiger partial charge is 0.327 e. The van der Waals surface area contributed by atoms with Gasteiger partial charge < -0.3 is 10.3 Å². The molecule has 17 heavy (non-hydrogen) atoms. The van der Waals surface area contributed by atoms with E-state index in [0.29, 0.717) is 0 Å². The summed E-state index contributed by atoms with van der Waals surface area (Å²) in [5.41, 5.74) is 7.32. The number of thiophene rings is 1. The first kappa shape index (κ1) is 12.6. The molecule has 0 aliphatic rings. The van der Waals surface area contributed by atoms with Gasteiger partial charge in [-0.05, 0) is 36.2 Å². The predicted octanol–water partition coefficient (Wildman–Crippen LogP) is 2.37. The SMILES string of the molecule is Cc1nnc(SC(c2ccsc2)C(C)N)n1C. The minimum absolute atomic E-state index is 0.0756. The summed E-state index contributed by atoms with van der Waals surface area (Å²) in [6.45, 7) is 3.97. The van der Waals surface area contributed by atoms with Gasteiger partial charge in [-0.1, -0.05) is 11.8 Å². The second kappa shape index (κ2) is 5.20. The van der Waals surface area contributed by atoms with Crippen molar-refractivity contribution in [3.63, 3.8) is 0 Å². The summed E-state index contributed by atoms with van der Waals surface area (Å²) in [6, 6.07) is 2.20. The van der Waals surface area contributed by atoms with Crippen LogP contribution in [0.1, 0.15) is 23.6 Å². The van der Waals surface area contributed by atoms with E-state index in [-0.39, 0.29) is 11.3 Å². The van der Waals surface area contributed by atoms with Crippen LogP contribution in [0.15, 0.2) is 22.0 Å². The van der Waals surface area contributed by atoms with Crippen molar-refractivity contribution in [3.8, 4) is 0 Å². The molecule has 2 unspecified atom stereocenters. The first-order valence-corrected chi connectivity index (χ1v) is 7.22. The average Bonchev–Trinajstić information content (AvgIpc) is 2.89. The highest BCUT2D eigenvalue weighted by molar-refractivity contribution is 7.99. The fourth-order valence-electron chi connectivity index (χ4n) is 1.52. The van der Waals surface area contributed by atoms with Gasteiger partial charge in [0.15, 0.2) is 5.16 Å². The maximum atomic E-state index is 6.06. The molecule has 0 saturated carbocycles. The molecule has 0 saturated heterocycles. The van der Waals surface area contributed by atoms with E-state index in [4.69, 9.17) is 5.73 Å². The van der Waals surface area contributed by atoms with E-state index in [2.05, 4.69) is 27.0 Å². The maximum absolute atomic E-state index is 6.06. The molecule has 2 N–H and O–H groups in total. The van der Waals surface area contributed by atoms with E-state index < -0.39 is 0 Å². The molecular formula is C11H16N4S2. The number of nitrogens with two attached hydrogens (primary N) is 1. The van der Waals surface area contributed by atoms with Gasteiger partial charge in [0.2, 0.25) is 0 Å². The lowest BCUT2D eigenvalue weighted by molar-refractivity contribution is 0.708. The molecule has 0 fully saturated rings. The number of thioether (sulfide) groups is 1. The van der Waals surface area contributed by atoms with Crippen molar-refractivity contribution in [3.05, 3.63) is 28.2 Å². The molecule has 0 radical (unpaired) electrons. The minimum Gasteiger partial charge on any atom is -0.327 e. The van der Waals surface area contributed by atoms with Crippen LogP contribution < -0.4 is 5.73 Å². The van der Waals surface area contributed by atoms with Crippen LogP contribution >= 0.6 is 23.1 Å². The molecule has 2 heterocycles. The zero-order valence-electron chi connectivity index (χ0n) is 10.1. The molecule has 0 aromatic carbocycles. The Morgan fingerprint density at radius 1 is 1.47 bits per heavy atom. The maximum Gasteiger partial charge on any atom is 0.191 e. The second-order valence-electron chi connectivity index (χ2n) is 4.04. The Labute approximate surface area is 109 Å². The van der Waals surface area contributed by atoms with Crippen molar-refractivity contribution in [2.45, 2.75) is 30.3 Å². The molecule has 4 nitrogen and oxygen atoms in total. The molecule has 92 valence electrons. The smallest absolute Gasteiger partial charge is 0.191 e. The lowest BCUT2D eigenvalue weighted by Gasteiger charge is -2.18. The quantitative estimate of drug-likeness (QED) is 0.865.